The van der Waals surface area contributed by atoms with Crippen LogP contribution in [-0.2, 0) is 14.3 Å². The minimum absolute atomic E-state index is 0.349. The predicted octanol–water partition coefficient (Wildman–Crippen LogP) is 2.52. The minimum atomic E-state index is -1.00. The van der Waals surface area contributed by atoms with Gasteiger partial charge in [0.1, 0.15) is 11.5 Å². The van der Waals surface area contributed by atoms with Crippen molar-refractivity contribution < 1.29 is 23.8 Å². The van der Waals surface area contributed by atoms with Gasteiger partial charge in [0, 0.05) is 0 Å². The second-order valence-electron chi connectivity index (χ2n) is 5.25. The molecule has 0 radical (unpaired) electrons. The first kappa shape index (κ1) is 18.8. The van der Waals surface area contributed by atoms with Crippen molar-refractivity contribution in [1.82, 2.24) is 0 Å². The molecule has 0 aromatic heterocycles. The summed E-state index contributed by atoms with van der Waals surface area (Å²) in [6, 6.07) is 15.2. The Bertz CT molecular complexity index is 811. The summed E-state index contributed by atoms with van der Waals surface area (Å²) in [5.74, 6) is -0.242. The van der Waals surface area contributed by atoms with Crippen molar-refractivity contribution in [3.63, 3.8) is 0 Å². The number of hydrogen-bond donors (Lipinski definition) is 1. The molecule has 0 aliphatic rings. The molecule has 0 heterocycles. The van der Waals surface area contributed by atoms with Crippen LogP contribution in [0.5, 0.6) is 11.5 Å². The number of esters is 1. The fourth-order valence-electron chi connectivity index (χ4n) is 2.03. The predicted molar refractivity (Wildman–Crippen MR) is 93.8 cm³/mol. The van der Waals surface area contributed by atoms with E-state index in [1.165, 1.54) is 14.0 Å². The van der Waals surface area contributed by atoms with Crippen molar-refractivity contribution in [1.29, 1.82) is 5.26 Å². The van der Waals surface area contributed by atoms with Gasteiger partial charge in [-0.2, -0.15) is 5.26 Å². The molecule has 0 bridgehead atoms. The maximum absolute atomic E-state index is 12.1. The lowest BCUT2D eigenvalue weighted by atomic mass is 10.2. The van der Waals surface area contributed by atoms with E-state index in [2.05, 4.69) is 5.32 Å². The van der Waals surface area contributed by atoms with Gasteiger partial charge in [-0.3, -0.25) is 4.79 Å². The van der Waals surface area contributed by atoms with E-state index in [4.69, 9.17) is 19.5 Å². The Morgan fingerprint density at radius 1 is 1.15 bits per heavy atom. The van der Waals surface area contributed by atoms with Crippen molar-refractivity contribution in [2.24, 2.45) is 0 Å². The molecular formula is C19H18N2O5. The summed E-state index contributed by atoms with van der Waals surface area (Å²) in [5.41, 5.74) is 0.971. The second kappa shape index (κ2) is 9.08. The molecule has 7 heteroatoms. The van der Waals surface area contributed by atoms with E-state index >= 15 is 0 Å². The summed E-state index contributed by atoms with van der Waals surface area (Å²) in [6.07, 6.45) is -1.00. The SMILES string of the molecule is COc1ccccc1NC(=O)[C@@H](C)OC(=O)COc1ccc(C#N)cc1. The van der Waals surface area contributed by atoms with E-state index in [9.17, 15) is 9.59 Å². The molecule has 1 atom stereocenters. The van der Waals surface area contributed by atoms with Crippen LogP contribution >= 0.6 is 0 Å². The van der Waals surface area contributed by atoms with E-state index in [0.717, 1.165) is 0 Å². The van der Waals surface area contributed by atoms with Gasteiger partial charge in [-0.05, 0) is 43.3 Å². The largest absolute Gasteiger partial charge is 0.495 e. The van der Waals surface area contributed by atoms with Crippen LogP contribution in [0.1, 0.15) is 12.5 Å². The third kappa shape index (κ3) is 5.24. The van der Waals surface area contributed by atoms with Crippen LogP contribution in [0.15, 0.2) is 48.5 Å². The lowest BCUT2D eigenvalue weighted by Crippen LogP contribution is -2.31. The number of methoxy groups -OCH3 is 1. The first-order valence-electron chi connectivity index (χ1n) is 7.80. The zero-order valence-corrected chi connectivity index (χ0v) is 14.4. The number of para-hydroxylation sites is 2. The third-order valence-electron chi connectivity index (χ3n) is 3.38. The average Bonchev–Trinajstić information content (AvgIpc) is 2.67. The fourth-order valence-corrected chi connectivity index (χ4v) is 2.03. The van der Waals surface area contributed by atoms with Gasteiger partial charge >= 0.3 is 5.97 Å². The molecule has 26 heavy (non-hydrogen) atoms. The van der Waals surface area contributed by atoms with E-state index in [1.54, 1.807) is 48.5 Å². The molecule has 0 aliphatic heterocycles. The van der Waals surface area contributed by atoms with Gasteiger partial charge in [0.25, 0.3) is 5.91 Å². The number of ether oxygens (including phenoxy) is 3. The molecule has 134 valence electrons. The zero-order valence-electron chi connectivity index (χ0n) is 14.4. The Balaban J connectivity index is 1.83. The van der Waals surface area contributed by atoms with Gasteiger partial charge in [-0.1, -0.05) is 12.1 Å². The maximum Gasteiger partial charge on any atom is 0.344 e. The molecule has 0 saturated carbocycles. The average molecular weight is 354 g/mol. The molecule has 0 spiro atoms. The summed E-state index contributed by atoms with van der Waals surface area (Å²) in [7, 11) is 1.49. The summed E-state index contributed by atoms with van der Waals surface area (Å²) in [6.45, 7) is 1.11. The molecule has 2 rings (SSSR count). The Hall–Kier alpha value is -3.53. The van der Waals surface area contributed by atoms with E-state index in [0.29, 0.717) is 22.7 Å². The van der Waals surface area contributed by atoms with Crippen LogP contribution < -0.4 is 14.8 Å². The second-order valence-corrected chi connectivity index (χ2v) is 5.25. The molecule has 0 saturated heterocycles. The highest BCUT2D eigenvalue weighted by Crippen LogP contribution is 2.23. The molecule has 1 N–H and O–H groups in total. The van der Waals surface area contributed by atoms with Crippen LogP contribution in [0.4, 0.5) is 5.69 Å². The number of amides is 1. The van der Waals surface area contributed by atoms with Gasteiger partial charge in [0.15, 0.2) is 12.7 Å². The van der Waals surface area contributed by atoms with Gasteiger partial charge in [-0.15, -0.1) is 0 Å². The number of carbonyl (C=O) groups excluding carboxylic acids is 2. The standard InChI is InChI=1S/C19H18N2O5/c1-13(19(23)21-16-5-3-4-6-17(16)24-2)26-18(22)12-25-15-9-7-14(11-20)8-10-15/h3-10,13H,12H2,1-2H3,(H,21,23)/t13-/m1/s1. The molecule has 0 fully saturated rings. The van der Waals surface area contributed by atoms with Crippen molar-refractivity contribution >= 4 is 17.6 Å². The number of nitriles is 1. The normalized spacial score (nSPS) is 11.0. The number of carbonyl (C=O) groups is 2. The number of anilines is 1. The molecule has 0 aliphatic carbocycles. The summed E-state index contributed by atoms with van der Waals surface area (Å²) in [4.78, 5) is 24.0. The fraction of sp³-hybridized carbons (Fsp3) is 0.211. The van der Waals surface area contributed by atoms with Gasteiger partial charge < -0.3 is 19.5 Å². The monoisotopic (exact) mass is 354 g/mol. The third-order valence-corrected chi connectivity index (χ3v) is 3.38. The maximum atomic E-state index is 12.1. The molecule has 0 unspecified atom stereocenters. The first-order chi connectivity index (χ1) is 12.5. The minimum Gasteiger partial charge on any atom is -0.495 e. The van der Waals surface area contributed by atoms with E-state index in [-0.39, 0.29) is 6.61 Å². The Morgan fingerprint density at radius 3 is 2.50 bits per heavy atom. The smallest absolute Gasteiger partial charge is 0.344 e. The Morgan fingerprint density at radius 2 is 1.85 bits per heavy atom. The van der Waals surface area contributed by atoms with Gasteiger partial charge in [0.2, 0.25) is 0 Å². The summed E-state index contributed by atoms with van der Waals surface area (Å²) in [5, 5.41) is 11.4. The highest BCUT2D eigenvalue weighted by molar-refractivity contribution is 5.96. The lowest BCUT2D eigenvalue weighted by Gasteiger charge is -2.15. The van der Waals surface area contributed by atoms with E-state index < -0.39 is 18.0 Å². The van der Waals surface area contributed by atoms with Crippen LogP contribution in [0.25, 0.3) is 0 Å². The zero-order chi connectivity index (χ0) is 18.9. The molecule has 1 amide bonds. The molecule has 7 nitrogen and oxygen atoms in total. The van der Waals surface area contributed by atoms with Crippen LogP contribution in [0, 0.1) is 11.3 Å². The van der Waals surface area contributed by atoms with Gasteiger partial charge in [0.05, 0.1) is 24.4 Å². The van der Waals surface area contributed by atoms with Crippen LogP contribution in [0.3, 0.4) is 0 Å². The number of hydrogen-bond acceptors (Lipinski definition) is 6. The lowest BCUT2D eigenvalue weighted by molar-refractivity contribution is -0.155. The number of benzene rings is 2. The number of rotatable bonds is 7. The molecule has 2 aromatic carbocycles. The highest BCUT2D eigenvalue weighted by atomic mass is 16.6. The van der Waals surface area contributed by atoms with Crippen molar-refractivity contribution in [3.05, 3.63) is 54.1 Å². The Kier molecular flexibility index (Phi) is 6.57. The summed E-state index contributed by atoms with van der Waals surface area (Å²) >= 11 is 0. The van der Waals surface area contributed by atoms with E-state index in [1.807, 2.05) is 6.07 Å². The van der Waals surface area contributed by atoms with Crippen molar-refractivity contribution in [2.45, 2.75) is 13.0 Å². The quantitative estimate of drug-likeness (QED) is 0.767. The number of nitrogens with zero attached hydrogens (tertiary/aromatic N) is 1. The van der Waals surface area contributed by atoms with Crippen molar-refractivity contribution in [2.75, 3.05) is 19.0 Å². The molecule has 2 aromatic rings. The Labute approximate surface area is 151 Å². The highest BCUT2D eigenvalue weighted by Gasteiger charge is 2.19. The van der Waals surface area contributed by atoms with Gasteiger partial charge in [-0.25, -0.2) is 4.79 Å². The summed E-state index contributed by atoms with van der Waals surface area (Å²) < 4.78 is 15.5. The topological polar surface area (TPSA) is 97.7 Å². The first-order valence-corrected chi connectivity index (χ1v) is 7.80. The molecular weight excluding hydrogens is 336 g/mol. The number of nitrogens with one attached hydrogen (secondary N) is 1. The van der Waals surface area contributed by atoms with Crippen LogP contribution in [-0.4, -0.2) is 31.7 Å². The van der Waals surface area contributed by atoms with Crippen molar-refractivity contribution in [3.8, 4) is 17.6 Å². The van der Waals surface area contributed by atoms with Crippen LogP contribution in [0.2, 0.25) is 0 Å².